The zero-order valence-electron chi connectivity index (χ0n) is 12.4. The van der Waals surface area contributed by atoms with Crippen molar-refractivity contribution in [2.24, 2.45) is 0 Å². The lowest BCUT2D eigenvalue weighted by atomic mass is 10.1. The van der Waals surface area contributed by atoms with Gasteiger partial charge >= 0.3 is 0 Å². The van der Waals surface area contributed by atoms with Gasteiger partial charge < -0.3 is 10.5 Å². The van der Waals surface area contributed by atoms with Crippen LogP contribution in [0.2, 0.25) is 5.02 Å². The molecule has 6 heteroatoms. The van der Waals surface area contributed by atoms with Crippen molar-refractivity contribution in [3.63, 3.8) is 0 Å². The van der Waals surface area contributed by atoms with E-state index >= 15 is 0 Å². The predicted molar refractivity (Wildman–Crippen MR) is 102 cm³/mol. The molecule has 3 rings (SSSR count). The summed E-state index contributed by atoms with van der Waals surface area (Å²) in [5.41, 5.74) is 9.59. The highest BCUT2D eigenvalue weighted by atomic mass is 127. The van der Waals surface area contributed by atoms with E-state index in [2.05, 4.69) is 32.8 Å². The third-order valence-corrected chi connectivity index (χ3v) is 4.78. The minimum Gasteiger partial charge on any atom is -0.488 e. The standard InChI is InChI=1S/C17H15ClIN3O/c1-10-7-12(18)8-13(15-14(19)17(20)22-21-15)16(10)23-9-11-5-3-2-4-6-11/h2-8H,9H2,1H3,(H3,20,21,22). The van der Waals surface area contributed by atoms with Gasteiger partial charge in [0, 0.05) is 10.6 Å². The Morgan fingerprint density at radius 1 is 1.26 bits per heavy atom. The molecule has 0 saturated heterocycles. The molecule has 4 nitrogen and oxygen atoms in total. The molecule has 0 radical (unpaired) electrons. The van der Waals surface area contributed by atoms with Gasteiger partial charge in [-0.05, 0) is 52.8 Å². The molecule has 0 aliphatic carbocycles. The summed E-state index contributed by atoms with van der Waals surface area (Å²) in [6.45, 7) is 2.46. The van der Waals surface area contributed by atoms with E-state index in [1.165, 1.54) is 0 Å². The number of rotatable bonds is 4. The molecule has 0 amide bonds. The van der Waals surface area contributed by atoms with E-state index < -0.39 is 0 Å². The van der Waals surface area contributed by atoms with Crippen LogP contribution in [0.3, 0.4) is 0 Å². The van der Waals surface area contributed by atoms with Crippen LogP contribution in [0.1, 0.15) is 11.1 Å². The molecule has 23 heavy (non-hydrogen) atoms. The van der Waals surface area contributed by atoms with Crippen molar-refractivity contribution in [1.29, 1.82) is 0 Å². The van der Waals surface area contributed by atoms with Crippen LogP contribution in [0, 0.1) is 10.5 Å². The molecule has 0 spiro atoms. The summed E-state index contributed by atoms with van der Waals surface area (Å²) < 4.78 is 6.93. The second-order valence-corrected chi connectivity index (χ2v) is 6.69. The zero-order valence-corrected chi connectivity index (χ0v) is 15.4. The first-order valence-electron chi connectivity index (χ1n) is 7.03. The van der Waals surface area contributed by atoms with Gasteiger partial charge in [-0.1, -0.05) is 41.9 Å². The number of nitrogen functional groups attached to an aromatic ring is 1. The summed E-state index contributed by atoms with van der Waals surface area (Å²) in [6, 6.07) is 13.8. The topological polar surface area (TPSA) is 63.9 Å². The Labute approximate surface area is 153 Å². The van der Waals surface area contributed by atoms with Crippen molar-refractivity contribution in [3.05, 3.63) is 62.2 Å². The second-order valence-electron chi connectivity index (χ2n) is 5.17. The molecule has 0 unspecified atom stereocenters. The maximum Gasteiger partial charge on any atom is 0.159 e. The average Bonchev–Trinajstić information content (AvgIpc) is 2.86. The van der Waals surface area contributed by atoms with Crippen molar-refractivity contribution >= 4 is 40.0 Å². The molecule has 1 aromatic heterocycles. The number of ether oxygens (including phenoxy) is 1. The van der Waals surface area contributed by atoms with Crippen LogP contribution >= 0.6 is 34.2 Å². The highest BCUT2D eigenvalue weighted by molar-refractivity contribution is 14.1. The smallest absolute Gasteiger partial charge is 0.159 e. The number of aryl methyl sites for hydroxylation is 1. The minimum atomic E-state index is 0.465. The fraction of sp³-hybridized carbons (Fsp3) is 0.118. The number of nitrogens with zero attached hydrogens (tertiary/aromatic N) is 1. The van der Waals surface area contributed by atoms with E-state index in [1.807, 2.05) is 49.4 Å². The van der Waals surface area contributed by atoms with Gasteiger partial charge in [0.05, 0.1) is 9.26 Å². The molecule has 0 atom stereocenters. The number of aromatic nitrogens is 2. The minimum absolute atomic E-state index is 0.465. The van der Waals surface area contributed by atoms with Crippen molar-refractivity contribution in [1.82, 2.24) is 10.2 Å². The van der Waals surface area contributed by atoms with Gasteiger partial charge in [0.1, 0.15) is 12.4 Å². The van der Waals surface area contributed by atoms with Crippen LogP contribution in [0.4, 0.5) is 5.82 Å². The van der Waals surface area contributed by atoms with E-state index in [0.717, 1.165) is 31.7 Å². The molecule has 0 saturated carbocycles. The Hall–Kier alpha value is -1.73. The number of anilines is 1. The number of hydrogen-bond acceptors (Lipinski definition) is 3. The first-order chi connectivity index (χ1) is 11.1. The SMILES string of the molecule is Cc1cc(Cl)cc(-c2[nH]nc(N)c2I)c1OCc1ccccc1. The molecule has 0 aliphatic rings. The van der Waals surface area contributed by atoms with Crippen LogP contribution in [-0.2, 0) is 6.61 Å². The van der Waals surface area contributed by atoms with Crippen LogP contribution in [0.5, 0.6) is 5.75 Å². The number of nitrogens with two attached hydrogens (primary N) is 1. The Balaban J connectivity index is 2.00. The Morgan fingerprint density at radius 2 is 2.00 bits per heavy atom. The monoisotopic (exact) mass is 439 g/mol. The van der Waals surface area contributed by atoms with E-state index in [-0.39, 0.29) is 0 Å². The summed E-state index contributed by atoms with van der Waals surface area (Å²) >= 11 is 8.39. The molecular weight excluding hydrogens is 425 g/mol. The van der Waals surface area contributed by atoms with Crippen LogP contribution in [0.15, 0.2) is 42.5 Å². The quantitative estimate of drug-likeness (QED) is 0.574. The van der Waals surface area contributed by atoms with E-state index in [9.17, 15) is 0 Å². The van der Waals surface area contributed by atoms with Crippen molar-refractivity contribution in [3.8, 4) is 17.0 Å². The Bertz CT molecular complexity index is 833. The fourth-order valence-electron chi connectivity index (χ4n) is 2.36. The number of halogens is 2. The lowest BCUT2D eigenvalue weighted by molar-refractivity contribution is 0.305. The number of H-pyrrole nitrogens is 1. The number of nitrogens with one attached hydrogen (secondary N) is 1. The molecule has 0 aliphatic heterocycles. The largest absolute Gasteiger partial charge is 0.488 e. The summed E-state index contributed by atoms with van der Waals surface area (Å²) in [6.07, 6.45) is 0. The van der Waals surface area contributed by atoms with Gasteiger partial charge in [-0.25, -0.2) is 0 Å². The van der Waals surface area contributed by atoms with E-state index in [1.54, 1.807) is 0 Å². The van der Waals surface area contributed by atoms with Gasteiger partial charge in [0.2, 0.25) is 0 Å². The summed E-state index contributed by atoms with van der Waals surface area (Å²) in [5.74, 6) is 1.24. The lowest BCUT2D eigenvalue weighted by Crippen LogP contribution is -2.00. The highest BCUT2D eigenvalue weighted by Gasteiger charge is 2.17. The molecule has 3 N–H and O–H groups in total. The van der Waals surface area contributed by atoms with Crippen LogP contribution < -0.4 is 10.5 Å². The number of hydrogen-bond donors (Lipinski definition) is 2. The molecule has 2 aromatic carbocycles. The first-order valence-corrected chi connectivity index (χ1v) is 8.48. The van der Waals surface area contributed by atoms with Gasteiger partial charge in [-0.15, -0.1) is 0 Å². The molecule has 0 fully saturated rings. The van der Waals surface area contributed by atoms with Crippen molar-refractivity contribution in [2.75, 3.05) is 5.73 Å². The van der Waals surface area contributed by atoms with E-state index in [0.29, 0.717) is 17.4 Å². The maximum atomic E-state index is 6.22. The molecule has 0 bridgehead atoms. The third-order valence-electron chi connectivity index (χ3n) is 3.47. The maximum absolute atomic E-state index is 6.22. The molecule has 3 aromatic rings. The molecule has 1 heterocycles. The normalized spacial score (nSPS) is 10.7. The Morgan fingerprint density at radius 3 is 2.65 bits per heavy atom. The number of benzene rings is 2. The second kappa shape index (κ2) is 6.80. The average molecular weight is 440 g/mol. The number of aromatic amines is 1. The molecule has 118 valence electrons. The van der Waals surface area contributed by atoms with E-state index in [4.69, 9.17) is 22.1 Å². The zero-order chi connectivity index (χ0) is 16.4. The third kappa shape index (κ3) is 3.45. The highest BCUT2D eigenvalue weighted by Crippen LogP contribution is 2.38. The lowest BCUT2D eigenvalue weighted by Gasteiger charge is -2.14. The van der Waals surface area contributed by atoms with Crippen LogP contribution in [-0.4, -0.2) is 10.2 Å². The van der Waals surface area contributed by atoms with Gasteiger partial charge in [-0.2, -0.15) is 5.10 Å². The fourth-order valence-corrected chi connectivity index (χ4v) is 3.16. The predicted octanol–water partition coefficient (Wildman–Crippen LogP) is 4.80. The summed E-state index contributed by atoms with van der Waals surface area (Å²) in [5, 5.41) is 7.67. The van der Waals surface area contributed by atoms with Crippen LogP contribution in [0.25, 0.3) is 11.3 Å². The Kier molecular flexibility index (Phi) is 4.77. The first kappa shape index (κ1) is 16.1. The molecular formula is C17H15ClIN3O. The summed E-state index contributed by atoms with van der Waals surface area (Å²) in [7, 11) is 0. The van der Waals surface area contributed by atoms with Crippen molar-refractivity contribution in [2.45, 2.75) is 13.5 Å². The summed E-state index contributed by atoms with van der Waals surface area (Å²) in [4.78, 5) is 0. The van der Waals surface area contributed by atoms with Gasteiger partial charge in [-0.3, -0.25) is 5.10 Å². The van der Waals surface area contributed by atoms with Crippen molar-refractivity contribution < 1.29 is 4.74 Å². The van der Waals surface area contributed by atoms with Gasteiger partial charge in [0.25, 0.3) is 0 Å². The van der Waals surface area contributed by atoms with Gasteiger partial charge in [0.15, 0.2) is 5.82 Å².